The van der Waals surface area contributed by atoms with Gasteiger partial charge in [-0.25, -0.2) is 4.68 Å². The van der Waals surface area contributed by atoms with Crippen molar-refractivity contribution in [1.82, 2.24) is 9.78 Å². The highest BCUT2D eigenvalue weighted by Gasteiger charge is 2.08. The summed E-state index contributed by atoms with van der Waals surface area (Å²) in [5, 5.41) is 2.87. The lowest BCUT2D eigenvalue weighted by atomic mass is 10.2. The Morgan fingerprint density at radius 2 is 2.06 bits per heavy atom. The molecule has 0 saturated carbocycles. The summed E-state index contributed by atoms with van der Waals surface area (Å²) in [6.45, 7) is -0.109. The number of aromatic amines is 1. The minimum atomic E-state index is -0.464. The second-order valence-corrected chi connectivity index (χ2v) is 3.54. The second kappa shape index (κ2) is 4.69. The van der Waals surface area contributed by atoms with E-state index in [2.05, 4.69) is 9.84 Å². The van der Waals surface area contributed by atoms with Crippen LogP contribution in [0.15, 0.2) is 41.2 Å². The molecule has 5 heteroatoms. The number of nitrogens with zero attached hydrogens (tertiary/aromatic N) is 1. The van der Waals surface area contributed by atoms with E-state index in [-0.39, 0.29) is 12.1 Å². The van der Waals surface area contributed by atoms with Crippen LogP contribution in [0.25, 0.3) is 11.3 Å². The van der Waals surface area contributed by atoms with Crippen molar-refractivity contribution in [2.24, 2.45) is 0 Å². The Morgan fingerprint density at radius 1 is 1.35 bits per heavy atom. The van der Waals surface area contributed by atoms with Gasteiger partial charge in [0.2, 0.25) is 0 Å². The lowest BCUT2D eigenvalue weighted by Gasteiger charge is -2.00. The first-order chi connectivity index (χ1) is 8.20. The number of methoxy groups -OCH3 is 1. The standard InChI is InChI=1S/C12H12N2O3/c1-17-12(16)8-14-11(15)7-10(13-14)9-5-3-2-4-6-9/h2-7,13H,8H2,1H3. The third kappa shape index (κ3) is 2.44. The van der Waals surface area contributed by atoms with E-state index in [4.69, 9.17) is 0 Å². The average molecular weight is 232 g/mol. The van der Waals surface area contributed by atoms with Crippen LogP contribution < -0.4 is 5.56 Å². The van der Waals surface area contributed by atoms with Crippen molar-refractivity contribution in [1.29, 1.82) is 0 Å². The van der Waals surface area contributed by atoms with Crippen LogP contribution in [0.4, 0.5) is 0 Å². The molecule has 88 valence electrons. The smallest absolute Gasteiger partial charge is 0.327 e. The van der Waals surface area contributed by atoms with Gasteiger partial charge in [-0.2, -0.15) is 0 Å². The zero-order valence-electron chi connectivity index (χ0n) is 9.34. The molecule has 0 aliphatic carbocycles. The van der Waals surface area contributed by atoms with Gasteiger partial charge >= 0.3 is 5.97 Å². The van der Waals surface area contributed by atoms with Crippen molar-refractivity contribution in [3.8, 4) is 11.3 Å². The number of aromatic nitrogens is 2. The Kier molecular flexibility index (Phi) is 3.09. The molecule has 1 heterocycles. The Bertz CT molecular complexity index is 569. The first kappa shape index (κ1) is 11.2. The van der Waals surface area contributed by atoms with Crippen molar-refractivity contribution >= 4 is 5.97 Å². The predicted molar refractivity (Wildman–Crippen MR) is 62.5 cm³/mol. The summed E-state index contributed by atoms with van der Waals surface area (Å²) in [5.41, 5.74) is 1.32. The summed E-state index contributed by atoms with van der Waals surface area (Å²) < 4.78 is 5.72. The van der Waals surface area contributed by atoms with Gasteiger partial charge in [-0.05, 0) is 5.56 Å². The SMILES string of the molecule is COC(=O)Cn1[nH]c(-c2ccccc2)cc1=O. The number of carbonyl (C=O) groups excluding carboxylic acids is 1. The summed E-state index contributed by atoms with van der Waals surface area (Å²) in [6.07, 6.45) is 0. The minimum Gasteiger partial charge on any atom is -0.468 e. The fourth-order valence-corrected chi connectivity index (χ4v) is 1.51. The van der Waals surface area contributed by atoms with Crippen LogP contribution in [0, 0.1) is 0 Å². The molecule has 2 rings (SSSR count). The maximum atomic E-state index is 11.6. The van der Waals surface area contributed by atoms with Gasteiger partial charge in [0.1, 0.15) is 6.54 Å². The fourth-order valence-electron chi connectivity index (χ4n) is 1.51. The molecule has 0 aliphatic rings. The number of ether oxygens (including phenoxy) is 1. The van der Waals surface area contributed by atoms with Gasteiger partial charge in [-0.3, -0.25) is 14.7 Å². The van der Waals surface area contributed by atoms with Gasteiger partial charge < -0.3 is 4.74 Å². The lowest BCUT2D eigenvalue weighted by molar-refractivity contribution is -0.141. The maximum absolute atomic E-state index is 11.6. The largest absolute Gasteiger partial charge is 0.468 e. The first-order valence-electron chi connectivity index (χ1n) is 5.13. The first-order valence-corrected chi connectivity index (χ1v) is 5.13. The zero-order valence-corrected chi connectivity index (χ0v) is 9.34. The van der Waals surface area contributed by atoms with Crippen molar-refractivity contribution in [3.63, 3.8) is 0 Å². The Morgan fingerprint density at radius 3 is 2.71 bits per heavy atom. The van der Waals surface area contributed by atoms with Crippen molar-refractivity contribution in [2.45, 2.75) is 6.54 Å². The van der Waals surface area contributed by atoms with E-state index in [9.17, 15) is 9.59 Å². The molecule has 2 aromatic rings. The number of esters is 1. The molecule has 17 heavy (non-hydrogen) atoms. The van der Waals surface area contributed by atoms with Crippen LogP contribution in [-0.4, -0.2) is 22.9 Å². The van der Waals surface area contributed by atoms with E-state index in [1.54, 1.807) is 0 Å². The molecule has 0 saturated heterocycles. The van der Waals surface area contributed by atoms with Gasteiger partial charge in [-0.1, -0.05) is 30.3 Å². The number of benzene rings is 1. The van der Waals surface area contributed by atoms with Gasteiger partial charge in [0.05, 0.1) is 12.8 Å². The van der Waals surface area contributed by atoms with Crippen LogP contribution in [0.1, 0.15) is 0 Å². The van der Waals surface area contributed by atoms with Gasteiger partial charge in [0, 0.05) is 6.07 Å². The summed E-state index contributed by atoms with van der Waals surface area (Å²) in [6, 6.07) is 10.9. The summed E-state index contributed by atoms with van der Waals surface area (Å²) >= 11 is 0. The number of hydrogen-bond donors (Lipinski definition) is 1. The van der Waals surface area contributed by atoms with Gasteiger partial charge in [0.25, 0.3) is 5.56 Å². The molecule has 0 amide bonds. The lowest BCUT2D eigenvalue weighted by Crippen LogP contribution is -2.22. The molecule has 1 N–H and O–H groups in total. The topological polar surface area (TPSA) is 64.1 Å². The van der Waals surface area contributed by atoms with Crippen molar-refractivity contribution < 1.29 is 9.53 Å². The summed E-state index contributed by atoms with van der Waals surface area (Å²) in [7, 11) is 1.29. The number of nitrogens with one attached hydrogen (secondary N) is 1. The molecule has 0 spiro atoms. The molecule has 0 fully saturated rings. The molecule has 1 aromatic heterocycles. The number of hydrogen-bond acceptors (Lipinski definition) is 3. The highest BCUT2D eigenvalue weighted by Crippen LogP contribution is 2.13. The van der Waals surface area contributed by atoms with Crippen LogP contribution in [-0.2, 0) is 16.1 Å². The molecule has 0 bridgehead atoms. The quantitative estimate of drug-likeness (QED) is 0.803. The molecule has 0 unspecified atom stereocenters. The number of rotatable bonds is 3. The monoisotopic (exact) mass is 232 g/mol. The normalized spacial score (nSPS) is 10.2. The highest BCUT2D eigenvalue weighted by molar-refractivity contribution is 5.69. The summed E-state index contributed by atoms with van der Waals surface area (Å²) in [4.78, 5) is 22.7. The fraction of sp³-hybridized carbons (Fsp3) is 0.167. The van der Waals surface area contributed by atoms with Crippen molar-refractivity contribution in [2.75, 3.05) is 7.11 Å². The highest BCUT2D eigenvalue weighted by atomic mass is 16.5. The van der Waals surface area contributed by atoms with E-state index in [1.807, 2.05) is 30.3 Å². The van der Waals surface area contributed by atoms with Crippen LogP contribution in [0.3, 0.4) is 0 Å². The third-order valence-electron chi connectivity index (χ3n) is 2.39. The summed E-state index contributed by atoms with van der Waals surface area (Å²) in [5.74, 6) is -0.464. The van der Waals surface area contributed by atoms with E-state index < -0.39 is 5.97 Å². The van der Waals surface area contributed by atoms with Gasteiger partial charge in [0.15, 0.2) is 0 Å². The van der Waals surface area contributed by atoms with E-state index in [0.717, 1.165) is 5.56 Å². The maximum Gasteiger partial charge on any atom is 0.327 e. The molecular formula is C12H12N2O3. The minimum absolute atomic E-state index is 0.109. The van der Waals surface area contributed by atoms with E-state index in [0.29, 0.717) is 5.69 Å². The van der Waals surface area contributed by atoms with Gasteiger partial charge in [-0.15, -0.1) is 0 Å². The van der Waals surface area contributed by atoms with Crippen molar-refractivity contribution in [3.05, 3.63) is 46.8 Å². The third-order valence-corrected chi connectivity index (χ3v) is 2.39. The zero-order chi connectivity index (χ0) is 12.3. The molecule has 5 nitrogen and oxygen atoms in total. The van der Waals surface area contributed by atoms with Crippen LogP contribution >= 0.6 is 0 Å². The van der Waals surface area contributed by atoms with Crippen LogP contribution in [0.5, 0.6) is 0 Å². The number of H-pyrrole nitrogens is 1. The Labute approximate surface area is 97.6 Å². The van der Waals surface area contributed by atoms with Crippen LogP contribution in [0.2, 0.25) is 0 Å². The molecule has 0 radical (unpaired) electrons. The molecule has 0 atom stereocenters. The molecular weight excluding hydrogens is 220 g/mol. The Hall–Kier alpha value is -2.30. The Balaban J connectivity index is 2.31. The van der Waals surface area contributed by atoms with E-state index in [1.165, 1.54) is 17.9 Å². The predicted octanol–water partition coefficient (Wildman–Crippen LogP) is 1.02. The number of carbonyl (C=O) groups is 1. The molecule has 1 aromatic carbocycles. The molecule has 0 aliphatic heterocycles. The second-order valence-electron chi connectivity index (χ2n) is 3.54. The van der Waals surface area contributed by atoms with E-state index >= 15 is 0 Å². The average Bonchev–Trinajstić information content (AvgIpc) is 2.72.